The van der Waals surface area contributed by atoms with Gasteiger partial charge in [0.1, 0.15) is 9.84 Å². The van der Waals surface area contributed by atoms with Crippen LogP contribution in [0.5, 0.6) is 0 Å². The third-order valence-electron chi connectivity index (χ3n) is 3.42. The molecule has 0 radical (unpaired) electrons. The van der Waals surface area contributed by atoms with Crippen LogP contribution in [-0.2, 0) is 14.6 Å². The van der Waals surface area contributed by atoms with Gasteiger partial charge in [0.2, 0.25) is 0 Å². The fraction of sp³-hybridized carbons (Fsp3) is 0.923. The Labute approximate surface area is 122 Å². The summed E-state index contributed by atoms with van der Waals surface area (Å²) in [5, 5.41) is 3.25. The molecule has 1 fully saturated rings. The number of nitrogens with zero attached hydrogens (tertiary/aromatic N) is 2. The molecule has 118 valence electrons. The molecule has 6 nitrogen and oxygen atoms in total. The number of likely N-dealkylation sites (tertiary alicyclic amines) is 1. The zero-order valence-corrected chi connectivity index (χ0v) is 13.6. The summed E-state index contributed by atoms with van der Waals surface area (Å²) in [5.41, 5.74) is 0. The van der Waals surface area contributed by atoms with E-state index in [4.69, 9.17) is 4.74 Å². The average Bonchev–Trinajstić information content (AvgIpc) is 2.38. The Bertz CT molecular complexity index is 401. The summed E-state index contributed by atoms with van der Waals surface area (Å²) in [6.07, 6.45) is 3.62. The van der Waals surface area contributed by atoms with Gasteiger partial charge >= 0.3 is 0 Å². The van der Waals surface area contributed by atoms with E-state index in [1.54, 1.807) is 7.05 Å². The molecule has 0 unspecified atom stereocenters. The highest BCUT2D eigenvalue weighted by Gasteiger charge is 2.18. The third-order valence-corrected chi connectivity index (χ3v) is 4.33. The predicted molar refractivity (Wildman–Crippen MR) is 81.9 cm³/mol. The van der Waals surface area contributed by atoms with Gasteiger partial charge in [0.15, 0.2) is 5.96 Å². The minimum Gasteiger partial charge on any atom is -0.379 e. The molecular formula is C13H27N3O3S. The first-order chi connectivity index (χ1) is 9.42. The maximum atomic E-state index is 10.9. The lowest BCUT2D eigenvalue weighted by atomic mass is 10.00. The fourth-order valence-corrected chi connectivity index (χ4v) is 2.52. The number of rotatable bonds is 6. The van der Waals surface area contributed by atoms with Gasteiger partial charge in [0.25, 0.3) is 0 Å². The van der Waals surface area contributed by atoms with Gasteiger partial charge < -0.3 is 15.0 Å². The van der Waals surface area contributed by atoms with Crippen molar-refractivity contribution in [2.24, 2.45) is 10.9 Å². The molecule has 0 atom stereocenters. The first-order valence-electron chi connectivity index (χ1n) is 7.13. The van der Waals surface area contributed by atoms with E-state index in [-0.39, 0.29) is 12.4 Å². The van der Waals surface area contributed by atoms with Crippen molar-refractivity contribution in [3.63, 3.8) is 0 Å². The summed E-state index contributed by atoms with van der Waals surface area (Å²) < 4.78 is 27.2. The van der Waals surface area contributed by atoms with Gasteiger partial charge in [-0.3, -0.25) is 4.99 Å². The predicted octanol–water partition coefficient (Wildman–Crippen LogP) is 0.355. The van der Waals surface area contributed by atoms with Crippen molar-refractivity contribution < 1.29 is 13.2 Å². The lowest BCUT2D eigenvalue weighted by Gasteiger charge is -2.32. The molecule has 1 aliphatic heterocycles. The molecule has 20 heavy (non-hydrogen) atoms. The first-order valence-corrected chi connectivity index (χ1v) is 9.19. The second kappa shape index (κ2) is 8.46. The van der Waals surface area contributed by atoms with Gasteiger partial charge in [0.05, 0.1) is 19.0 Å². The van der Waals surface area contributed by atoms with Crippen molar-refractivity contribution in [1.29, 1.82) is 0 Å². The number of hydrogen-bond acceptors (Lipinski definition) is 4. The largest absolute Gasteiger partial charge is 0.379 e. The van der Waals surface area contributed by atoms with Crippen LogP contribution in [0, 0.1) is 5.92 Å². The highest BCUT2D eigenvalue weighted by Crippen LogP contribution is 2.15. The van der Waals surface area contributed by atoms with Crippen LogP contribution in [0.25, 0.3) is 0 Å². The van der Waals surface area contributed by atoms with E-state index in [2.05, 4.69) is 22.1 Å². The van der Waals surface area contributed by atoms with Crippen molar-refractivity contribution in [3.05, 3.63) is 0 Å². The zero-order valence-electron chi connectivity index (χ0n) is 12.8. The quantitative estimate of drug-likeness (QED) is 0.436. The highest BCUT2D eigenvalue weighted by molar-refractivity contribution is 7.90. The molecule has 0 amide bonds. The van der Waals surface area contributed by atoms with E-state index in [0.29, 0.717) is 13.2 Å². The Morgan fingerprint density at radius 2 is 2.00 bits per heavy atom. The van der Waals surface area contributed by atoms with E-state index in [1.807, 2.05) is 0 Å². The second-order valence-corrected chi connectivity index (χ2v) is 7.65. The summed E-state index contributed by atoms with van der Waals surface area (Å²) in [4.78, 5) is 6.53. The number of piperidine rings is 1. The summed E-state index contributed by atoms with van der Waals surface area (Å²) in [7, 11) is -1.15. The molecule has 1 aliphatic rings. The molecule has 0 aromatic carbocycles. The van der Waals surface area contributed by atoms with Crippen molar-refractivity contribution in [3.8, 4) is 0 Å². The second-order valence-electron chi connectivity index (χ2n) is 5.39. The van der Waals surface area contributed by atoms with Crippen LogP contribution in [0.4, 0.5) is 0 Å². The number of ether oxygens (including phenoxy) is 1. The minimum absolute atomic E-state index is 0.0751. The lowest BCUT2D eigenvalue weighted by molar-refractivity contribution is 0.153. The normalized spacial score (nSPS) is 18.4. The maximum absolute atomic E-state index is 10.9. The van der Waals surface area contributed by atoms with Crippen LogP contribution in [0.15, 0.2) is 4.99 Å². The van der Waals surface area contributed by atoms with Gasteiger partial charge in [-0.05, 0) is 18.8 Å². The summed E-state index contributed by atoms with van der Waals surface area (Å²) >= 11 is 0. The number of guanidine groups is 1. The standard InChI is InChI=1S/C13H27N3O3S/c1-12-4-7-16(8-5-12)13(14-2)15-6-9-19-10-11-20(3,17)18/h12H,4-11H2,1-3H3,(H,14,15). The van der Waals surface area contributed by atoms with Crippen LogP contribution < -0.4 is 5.32 Å². The number of hydrogen-bond donors (Lipinski definition) is 1. The van der Waals surface area contributed by atoms with Crippen LogP contribution in [0.1, 0.15) is 19.8 Å². The van der Waals surface area contributed by atoms with Gasteiger partial charge in [-0.15, -0.1) is 0 Å². The van der Waals surface area contributed by atoms with Crippen molar-refractivity contribution in [2.45, 2.75) is 19.8 Å². The summed E-state index contributed by atoms with van der Waals surface area (Å²) in [6, 6.07) is 0. The van der Waals surface area contributed by atoms with Gasteiger partial charge in [-0.25, -0.2) is 8.42 Å². The Morgan fingerprint density at radius 1 is 1.35 bits per heavy atom. The molecule has 0 spiro atoms. The van der Waals surface area contributed by atoms with E-state index >= 15 is 0 Å². The van der Waals surface area contributed by atoms with E-state index in [1.165, 1.54) is 19.1 Å². The SMILES string of the molecule is CN=C(NCCOCCS(C)(=O)=O)N1CCC(C)CC1. The topological polar surface area (TPSA) is 71.0 Å². The molecule has 0 bridgehead atoms. The zero-order chi connectivity index (χ0) is 15.0. The molecule has 0 aliphatic carbocycles. The van der Waals surface area contributed by atoms with Gasteiger partial charge in [-0.2, -0.15) is 0 Å². The molecule has 1 saturated heterocycles. The molecule has 1 rings (SSSR count). The summed E-state index contributed by atoms with van der Waals surface area (Å²) in [6.45, 7) is 5.73. The molecule has 0 aromatic heterocycles. The third kappa shape index (κ3) is 7.09. The Kier molecular flexibility index (Phi) is 7.29. The molecule has 7 heteroatoms. The molecular weight excluding hydrogens is 278 g/mol. The van der Waals surface area contributed by atoms with E-state index in [9.17, 15) is 8.42 Å². The smallest absolute Gasteiger partial charge is 0.193 e. The van der Waals surface area contributed by atoms with E-state index < -0.39 is 9.84 Å². The Hall–Kier alpha value is -0.820. The van der Waals surface area contributed by atoms with Crippen LogP contribution in [-0.4, -0.2) is 71.2 Å². The van der Waals surface area contributed by atoms with Gasteiger partial charge in [-0.1, -0.05) is 6.92 Å². The van der Waals surface area contributed by atoms with E-state index in [0.717, 1.165) is 25.0 Å². The average molecular weight is 305 g/mol. The monoisotopic (exact) mass is 305 g/mol. The van der Waals surface area contributed by atoms with Crippen LogP contribution in [0.3, 0.4) is 0 Å². The molecule has 0 aromatic rings. The molecule has 1 N–H and O–H groups in total. The molecule has 1 heterocycles. The van der Waals surface area contributed by atoms with Crippen LogP contribution >= 0.6 is 0 Å². The fourth-order valence-electron chi connectivity index (χ4n) is 2.10. The summed E-state index contributed by atoms with van der Waals surface area (Å²) in [5.74, 6) is 1.78. The van der Waals surface area contributed by atoms with Crippen molar-refractivity contribution >= 4 is 15.8 Å². The molecule has 0 saturated carbocycles. The lowest BCUT2D eigenvalue weighted by Crippen LogP contribution is -2.46. The van der Waals surface area contributed by atoms with Crippen molar-refractivity contribution in [1.82, 2.24) is 10.2 Å². The maximum Gasteiger partial charge on any atom is 0.193 e. The van der Waals surface area contributed by atoms with Gasteiger partial charge in [0, 0.05) is 32.9 Å². The minimum atomic E-state index is -2.93. The van der Waals surface area contributed by atoms with Crippen molar-refractivity contribution in [2.75, 3.05) is 51.9 Å². The Morgan fingerprint density at radius 3 is 2.55 bits per heavy atom. The van der Waals surface area contributed by atoms with Crippen LogP contribution in [0.2, 0.25) is 0 Å². The number of aliphatic imine (C=N–C) groups is 1. The highest BCUT2D eigenvalue weighted by atomic mass is 32.2. The Balaban J connectivity index is 2.16. The number of sulfone groups is 1. The number of nitrogens with one attached hydrogen (secondary N) is 1. The first kappa shape index (κ1) is 17.2.